The minimum atomic E-state index is -0.183. The highest BCUT2D eigenvalue weighted by atomic mass is 35.5. The maximum atomic E-state index is 13.3. The normalized spacial score (nSPS) is 10.9. The number of aromatic amines is 1. The van der Waals surface area contributed by atoms with Crippen LogP contribution in [0.15, 0.2) is 60.8 Å². The maximum absolute atomic E-state index is 13.3. The van der Waals surface area contributed by atoms with Gasteiger partial charge < -0.3 is 9.88 Å². The van der Waals surface area contributed by atoms with Gasteiger partial charge in [0.2, 0.25) is 0 Å². The molecule has 0 saturated heterocycles. The number of nitrogens with one attached hydrogen (secondary N) is 1. The molecular weight excluding hydrogens is 436 g/mol. The number of nitrogens with zero attached hydrogens (tertiary/aromatic N) is 3. The van der Waals surface area contributed by atoms with Gasteiger partial charge >= 0.3 is 0 Å². The minimum Gasteiger partial charge on any atom is -0.354 e. The molecule has 2 aromatic heterocycles. The fourth-order valence-electron chi connectivity index (χ4n) is 4.10. The van der Waals surface area contributed by atoms with Crippen molar-refractivity contribution in [3.63, 3.8) is 0 Å². The molecule has 0 spiro atoms. The molecule has 0 aliphatic rings. The van der Waals surface area contributed by atoms with Crippen molar-refractivity contribution in [3.05, 3.63) is 93.9 Å². The van der Waals surface area contributed by atoms with E-state index in [4.69, 9.17) is 16.7 Å². The number of H-pyrrole nitrogens is 1. The summed E-state index contributed by atoms with van der Waals surface area (Å²) in [7, 11) is 1.75. The lowest BCUT2D eigenvalue weighted by Crippen LogP contribution is -2.27. The zero-order chi connectivity index (χ0) is 23.7. The molecule has 0 radical (unpaired) electrons. The third-order valence-electron chi connectivity index (χ3n) is 5.69. The van der Waals surface area contributed by atoms with Gasteiger partial charge in [-0.1, -0.05) is 41.9 Å². The third kappa shape index (κ3) is 4.47. The topological polar surface area (TPSA) is 71.0 Å². The molecule has 4 aromatic rings. The molecule has 1 N–H and O–H groups in total. The van der Waals surface area contributed by atoms with Gasteiger partial charge in [0.05, 0.1) is 11.4 Å². The van der Waals surface area contributed by atoms with E-state index in [9.17, 15) is 9.59 Å². The highest BCUT2D eigenvalue weighted by molar-refractivity contribution is 6.30. The maximum Gasteiger partial charge on any atom is 0.270 e. The van der Waals surface area contributed by atoms with Crippen molar-refractivity contribution in [1.82, 2.24) is 19.7 Å². The van der Waals surface area contributed by atoms with Crippen LogP contribution in [-0.2, 0) is 6.54 Å². The number of aromatic nitrogens is 3. The predicted octanol–water partition coefficient (Wildman–Crippen LogP) is 5.61. The molecule has 0 bridgehead atoms. The fourth-order valence-corrected chi connectivity index (χ4v) is 4.23. The van der Waals surface area contributed by atoms with Crippen LogP contribution in [-0.4, -0.2) is 38.4 Å². The van der Waals surface area contributed by atoms with Gasteiger partial charge in [0.25, 0.3) is 5.91 Å². The van der Waals surface area contributed by atoms with E-state index in [1.807, 2.05) is 72.4 Å². The van der Waals surface area contributed by atoms with E-state index in [2.05, 4.69) is 4.98 Å². The zero-order valence-electron chi connectivity index (χ0n) is 19.0. The van der Waals surface area contributed by atoms with Gasteiger partial charge in [0, 0.05) is 47.2 Å². The van der Waals surface area contributed by atoms with Gasteiger partial charge in [0.1, 0.15) is 5.69 Å². The van der Waals surface area contributed by atoms with Crippen LogP contribution in [0.25, 0.3) is 16.9 Å². The molecule has 0 fully saturated rings. The standard InChI is InChI=1S/C26H25ClN4O2/c1-16-23(18(3)32)17(2)28-24(16)26(33)30(4)14-20-15-31(22-8-6-5-7-9-22)29-25(20)19-10-12-21(27)13-11-19/h5-13,15,28H,14H2,1-4H3. The number of carbonyl (C=O) groups excluding carboxylic acids is 2. The number of halogens is 1. The molecule has 33 heavy (non-hydrogen) atoms. The monoisotopic (exact) mass is 460 g/mol. The van der Waals surface area contributed by atoms with Gasteiger partial charge in [-0.15, -0.1) is 0 Å². The first-order chi connectivity index (χ1) is 15.8. The van der Waals surface area contributed by atoms with E-state index < -0.39 is 0 Å². The molecule has 168 valence electrons. The van der Waals surface area contributed by atoms with Gasteiger partial charge in [-0.25, -0.2) is 4.68 Å². The van der Waals surface area contributed by atoms with E-state index in [0.717, 1.165) is 22.5 Å². The van der Waals surface area contributed by atoms with Gasteiger partial charge in [-0.2, -0.15) is 5.10 Å². The van der Waals surface area contributed by atoms with Gasteiger partial charge in [-0.05, 0) is 50.6 Å². The van der Waals surface area contributed by atoms with Crippen molar-refractivity contribution in [2.75, 3.05) is 7.05 Å². The Morgan fingerprint density at radius 2 is 1.73 bits per heavy atom. The number of para-hydroxylation sites is 1. The van der Waals surface area contributed by atoms with Crippen molar-refractivity contribution >= 4 is 23.3 Å². The second-order valence-corrected chi connectivity index (χ2v) is 8.57. The second kappa shape index (κ2) is 9.08. The molecule has 0 unspecified atom stereocenters. The minimum absolute atomic E-state index is 0.0582. The Hall–Kier alpha value is -3.64. The summed E-state index contributed by atoms with van der Waals surface area (Å²) in [5, 5.41) is 5.45. The zero-order valence-corrected chi connectivity index (χ0v) is 19.8. The molecule has 4 rings (SSSR count). The SMILES string of the molecule is CC(=O)c1c(C)[nH]c(C(=O)N(C)Cc2cn(-c3ccccc3)nc2-c2ccc(Cl)cc2)c1C. The molecule has 0 saturated carbocycles. The molecule has 2 heterocycles. The number of aryl methyl sites for hydroxylation is 1. The molecule has 0 aliphatic carbocycles. The third-order valence-corrected chi connectivity index (χ3v) is 5.94. The van der Waals surface area contributed by atoms with Gasteiger partial charge in [0.15, 0.2) is 5.78 Å². The quantitative estimate of drug-likeness (QED) is 0.380. The van der Waals surface area contributed by atoms with E-state index in [1.165, 1.54) is 6.92 Å². The van der Waals surface area contributed by atoms with Crippen molar-refractivity contribution in [3.8, 4) is 16.9 Å². The van der Waals surface area contributed by atoms with Crippen LogP contribution >= 0.6 is 11.6 Å². The molecule has 7 heteroatoms. The molecular formula is C26H25ClN4O2. The predicted molar refractivity (Wildman–Crippen MR) is 130 cm³/mol. The van der Waals surface area contributed by atoms with Crippen molar-refractivity contribution in [1.29, 1.82) is 0 Å². The van der Waals surface area contributed by atoms with Crippen LogP contribution in [0.5, 0.6) is 0 Å². The number of hydrogen-bond acceptors (Lipinski definition) is 3. The Morgan fingerprint density at radius 1 is 1.06 bits per heavy atom. The Bertz CT molecular complexity index is 1320. The number of hydrogen-bond donors (Lipinski definition) is 1. The first-order valence-corrected chi connectivity index (χ1v) is 11.0. The van der Waals surface area contributed by atoms with E-state index in [1.54, 1.807) is 18.9 Å². The molecule has 0 aliphatic heterocycles. The Kier molecular flexibility index (Phi) is 6.20. The summed E-state index contributed by atoms with van der Waals surface area (Å²) in [6.07, 6.45) is 1.94. The number of Topliss-reactive ketones (excluding diaryl/α,β-unsaturated/α-hetero) is 1. The number of amides is 1. The molecule has 6 nitrogen and oxygen atoms in total. The van der Waals surface area contributed by atoms with Crippen molar-refractivity contribution < 1.29 is 9.59 Å². The van der Waals surface area contributed by atoms with Crippen molar-refractivity contribution in [2.24, 2.45) is 0 Å². The molecule has 1 amide bonds. The first kappa shape index (κ1) is 22.6. The molecule has 0 atom stereocenters. The lowest BCUT2D eigenvalue weighted by molar-refractivity contribution is 0.0779. The van der Waals surface area contributed by atoms with Crippen LogP contribution in [0.3, 0.4) is 0 Å². The summed E-state index contributed by atoms with van der Waals surface area (Å²) in [6.45, 7) is 5.46. The lowest BCUT2D eigenvalue weighted by atomic mass is 10.1. The smallest absolute Gasteiger partial charge is 0.270 e. The lowest BCUT2D eigenvalue weighted by Gasteiger charge is -2.17. The number of benzene rings is 2. The van der Waals surface area contributed by atoms with Crippen LogP contribution in [0, 0.1) is 13.8 Å². The largest absolute Gasteiger partial charge is 0.354 e. The number of carbonyl (C=O) groups is 2. The Labute approximate surface area is 197 Å². The molecule has 2 aromatic carbocycles. The first-order valence-electron chi connectivity index (χ1n) is 10.6. The van der Waals surface area contributed by atoms with Gasteiger partial charge in [-0.3, -0.25) is 9.59 Å². The van der Waals surface area contributed by atoms with E-state index in [0.29, 0.717) is 34.1 Å². The van der Waals surface area contributed by atoms with Crippen LogP contribution in [0.4, 0.5) is 0 Å². The summed E-state index contributed by atoms with van der Waals surface area (Å²) >= 11 is 6.08. The Balaban J connectivity index is 1.70. The van der Waals surface area contributed by atoms with Crippen molar-refractivity contribution in [2.45, 2.75) is 27.3 Å². The van der Waals surface area contributed by atoms with Crippen LogP contribution in [0.2, 0.25) is 5.02 Å². The summed E-state index contributed by atoms with van der Waals surface area (Å²) in [6, 6.07) is 17.3. The average Bonchev–Trinajstić information content (AvgIpc) is 3.34. The van der Waals surface area contributed by atoms with Crippen LogP contribution < -0.4 is 0 Å². The van der Waals surface area contributed by atoms with E-state index >= 15 is 0 Å². The summed E-state index contributed by atoms with van der Waals surface area (Å²) in [5.41, 5.74) is 5.90. The Morgan fingerprint density at radius 3 is 2.33 bits per heavy atom. The highest BCUT2D eigenvalue weighted by Gasteiger charge is 2.24. The van der Waals surface area contributed by atoms with E-state index in [-0.39, 0.29) is 11.7 Å². The highest BCUT2D eigenvalue weighted by Crippen LogP contribution is 2.27. The summed E-state index contributed by atoms with van der Waals surface area (Å²) in [5.74, 6) is -0.241. The summed E-state index contributed by atoms with van der Waals surface area (Å²) in [4.78, 5) is 30.0. The second-order valence-electron chi connectivity index (χ2n) is 8.13. The summed E-state index contributed by atoms with van der Waals surface area (Å²) < 4.78 is 1.81. The fraction of sp³-hybridized carbons (Fsp3) is 0.192. The van der Waals surface area contributed by atoms with Crippen LogP contribution in [0.1, 0.15) is 44.6 Å². The number of ketones is 1. The number of rotatable bonds is 6. The average molecular weight is 461 g/mol.